The third-order valence-electron chi connectivity index (χ3n) is 4.48. The first kappa shape index (κ1) is 15.2. The number of hydrogen-bond donors (Lipinski definition) is 1. The Morgan fingerprint density at radius 3 is 3.08 bits per heavy atom. The number of pyridine rings is 1. The Hall–Kier alpha value is -2.34. The molecule has 2 bridgehead atoms. The Balaban J connectivity index is 1.73. The van der Waals surface area contributed by atoms with Crippen molar-refractivity contribution in [2.45, 2.75) is 31.7 Å². The number of ether oxygens (including phenoxy) is 1. The van der Waals surface area contributed by atoms with Gasteiger partial charge in [0.15, 0.2) is 17.3 Å². The standard InChI is InChI=1S/C17H15ClFN3O2/c1-17-8-14(12-6-10(18)7-13(19)15(12)24-17)21-16(23)22(17)9-11-4-2-3-5-20-11/h2-7,14H,8-9H2,1H3,(H,21,23). The van der Waals surface area contributed by atoms with E-state index in [4.69, 9.17) is 16.3 Å². The number of fused-ring (bicyclic) bond motifs is 4. The Bertz CT molecular complexity index is 817. The lowest BCUT2D eigenvalue weighted by Gasteiger charge is -2.50. The summed E-state index contributed by atoms with van der Waals surface area (Å²) < 4.78 is 20.2. The first-order valence-corrected chi connectivity index (χ1v) is 8.00. The highest BCUT2D eigenvalue weighted by Crippen LogP contribution is 2.46. The second-order valence-electron chi connectivity index (χ2n) is 6.20. The first-order chi connectivity index (χ1) is 11.5. The minimum Gasteiger partial charge on any atom is -0.465 e. The molecule has 1 N–H and O–H groups in total. The number of benzene rings is 1. The number of aromatic nitrogens is 1. The van der Waals surface area contributed by atoms with Crippen LogP contribution in [-0.2, 0) is 6.54 Å². The zero-order chi connectivity index (χ0) is 16.9. The number of carbonyl (C=O) groups excluding carboxylic acids is 1. The summed E-state index contributed by atoms with van der Waals surface area (Å²) in [5, 5.41) is 3.19. The molecule has 124 valence electrons. The van der Waals surface area contributed by atoms with Gasteiger partial charge in [0, 0.05) is 23.2 Å². The molecule has 2 aliphatic heterocycles. The normalized spacial score (nSPS) is 24.9. The summed E-state index contributed by atoms with van der Waals surface area (Å²) in [4.78, 5) is 18.4. The van der Waals surface area contributed by atoms with Gasteiger partial charge in [-0.25, -0.2) is 9.18 Å². The zero-order valence-electron chi connectivity index (χ0n) is 12.9. The van der Waals surface area contributed by atoms with Crippen molar-refractivity contribution >= 4 is 17.6 Å². The molecule has 7 heteroatoms. The molecule has 1 fully saturated rings. The van der Waals surface area contributed by atoms with Gasteiger partial charge in [-0.05, 0) is 31.2 Å². The van der Waals surface area contributed by atoms with Crippen molar-refractivity contribution in [2.24, 2.45) is 0 Å². The lowest BCUT2D eigenvalue weighted by atomic mass is 9.90. The third kappa shape index (κ3) is 2.38. The Morgan fingerprint density at radius 2 is 2.33 bits per heavy atom. The van der Waals surface area contributed by atoms with E-state index in [1.54, 1.807) is 24.1 Å². The van der Waals surface area contributed by atoms with Crippen LogP contribution in [0.25, 0.3) is 0 Å². The van der Waals surface area contributed by atoms with E-state index in [9.17, 15) is 9.18 Å². The van der Waals surface area contributed by atoms with E-state index in [0.717, 1.165) is 5.69 Å². The predicted molar refractivity (Wildman–Crippen MR) is 86.1 cm³/mol. The number of nitrogens with one attached hydrogen (secondary N) is 1. The molecule has 5 nitrogen and oxygen atoms in total. The van der Waals surface area contributed by atoms with Crippen molar-refractivity contribution in [3.8, 4) is 5.75 Å². The van der Waals surface area contributed by atoms with Gasteiger partial charge in [-0.1, -0.05) is 17.7 Å². The van der Waals surface area contributed by atoms with Crippen LogP contribution in [0, 0.1) is 5.82 Å². The highest BCUT2D eigenvalue weighted by Gasteiger charge is 2.50. The van der Waals surface area contributed by atoms with Crippen LogP contribution in [0.1, 0.15) is 30.6 Å². The molecule has 2 amide bonds. The summed E-state index contributed by atoms with van der Waals surface area (Å²) >= 11 is 5.94. The Kier molecular flexibility index (Phi) is 3.38. The average molecular weight is 348 g/mol. The van der Waals surface area contributed by atoms with Gasteiger partial charge in [-0.3, -0.25) is 9.88 Å². The van der Waals surface area contributed by atoms with Crippen LogP contribution in [0.2, 0.25) is 5.02 Å². The lowest BCUT2D eigenvalue weighted by molar-refractivity contribution is -0.0905. The SMILES string of the molecule is CC12CC(NC(=O)N1Cc1ccccn1)c1cc(Cl)cc(F)c1O2. The molecule has 0 radical (unpaired) electrons. The maximum absolute atomic E-state index is 14.3. The van der Waals surface area contributed by atoms with Gasteiger partial charge in [0.1, 0.15) is 0 Å². The topological polar surface area (TPSA) is 54.5 Å². The van der Waals surface area contributed by atoms with Crippen molar-refractivity contribution in [1.29, 1.82) is 0 Å². The maximum Gasteiger partial charge on any atom is 0.321 e. The summed E-state index contributed by atoms with van der Waals surface area (Å²) in [6, 6.07) is 7.75. The van der Waals surface area contributed by atoms with Crippen molar-refractivity contribution in [2.75, 3.05) is 0 Å². The summed E-state index contributed by atoms with van der Waals surface area (Å²) in [6.07, 6.45) is 2.17. The number of halogens is 2. The number of carbonyl (C=O) groups is 1. The van der Waals surface area contributed by atoms with Crippen LogP contribution >= 0.6 is 11.6 Å². The summed E-state index contributed by atoms with van der Waals surface area (Å²) in [5.74, 6) is -0.383. The second-order valence-corrected chi connectivity index (χ2v) is 6.63. The first-order valence-electron chi connectivity index (χ1n) is 7.62. The molecule has 2 aliphatic rings. The third-order valence-corrected chi connectivity index (χ3v) is 4.70. The molecule has 1 aromatic carbocycles. The van der Waals surface area contributed by atoms with Gasteiger partial charge < -0.3 is 10.1 Å². The van der Waals surface area contributed by atoms with E-state index < -0.39 is 11.5 Å². The van der Waals surface area contributed by atoms with Gasteiger partial charge in [0.05, 0.1) is 18.3 Å². The molecule has 2 unspecified atom stereocenters. The minimum absolute atomic E-state index is 0.143. The van der Waals surface area contributed by atoms with Crippen LogP contribution in [0.4, 0.5) is 9.18 Å². The van der Waals surface area contributed by atoms with E-state index in [1.807, 2.05) is 18.2 Å². The van der Waals surface area contributed by atoms with Crippen molar-refractivity contribution in [3.63, 3.8) is 0 Å². The fourth-order valence-electron chi connectivity index (χ4n) is 3.33. The van der Waals surface area contributed by atoms with Crippen molar-refractivity contribution in [1.82, 2.24) is 15.2 Å². The summed E-state index contributed by atoms with van der Waals surface area (Å²) in [6.45, 7) is 2.07. The average Bonchev–Trinajstić information content (AvgIpc) is 2.54. The van der Waals surface area contributed by atoms with Crippen LogP contribution in [-0.4, -0.2) is 21.6 Å². The smallest absolute Gasteiger partial charge is 0.321 e. The molecule has 0 spiro atoms. The van der Waals surface area contributed by atoms with Gasteiger partial charge in [-0.2, -0.15) is 0 Å². The number of urea groups is 1. The molecule has 0 aliphatic carbocycles. The van der Waals surface area contributed by atoms with Gasteiger partial charge >= 0.3 is 6.03 Å². The molecule has 2 atom stereocenters. The van der Waals surface area contributed by atoms with Crippen molar-refractivity contribution in [3.05, 3.63) is 58.6 Å². The van der Waals surface area contributed by atoms with E-state index in [0.29, 0.717) is 12.0 Å². The number of hydrogen-bond acceptors (Lipinski definition) is 3. The fraction of sp³-hybridized carbons (Fsp3) is 0.294. The Labute approximate surface area is 143 Å². The summed E-state index contributed by atoms with van der Waals surface area (Å²) in [5.41, 5.74) is 0.355. The minimum atomic E-state index is -0.952. The monoisotopic (exact) mass is 347 g/mol. The molecule has 2 aromatic rings. The number of amides is 2. The van der Waals surface area contributed by atoms with Crippen LogP contribution in [0.3, 0.4) is 0 Å². The zero-order valence-corrected chi connectivity index (χ0v) is 13.7. The summed E-state index contributed by atoms with van der Waals surface area (Å²) in [7, 11) is 0. The number of nitrogens with zero attached hydrogens (tertiary/aromatic N) is 2. The van der Waals surface area contributed by atoms with E-state index in [1.165, 1.54) is 6.07 Å². The molecule has 0 saturated carbocycles. The number of rotatable bonds is 2. The fourth-order valence-corrected chi connectivity index (χ4v) is 3.54. The lowest BCUT2D eigenvalue weighted by Crippen LogP contribution is -2.64. The van der Waals surface area contributed by atoms with Crippen LogP contribution in [0.5, 0.6) is 5.75 Å². The maximum atomic E-state index is 14.3. The highest BCUT2D eigenvalue weighted by atomic mass is 35.5. The highest BCUT2D eigenvalue weighted by molar-refractivity contribution is 6.30. The molecule has 24 heavy (non-hydrogen) atoms. The van der Waals surface area contributed by atoms with E-state index in [-0.39, 0.29) is 29.4 Å². The van der Waals surface area contributed by atoms with E-state index in [2.05, 4.69) is 10.3 Å². The molecule has 1 saturated heterocycles. The van der Waals surface area contributed by atoms with Crippen LogP contribution in [0.15, 0.2) is 36.5 Å². The largest absolute Gasteiger partial charge is 0.465 e. The predicted octanol–water partition coefficient (Wildman–Crippen LogP) is 3.64. The quantitative estimate of drug-likeness (QED) is 0.902. The van der Waals surface area contributed by atoms with Gasteiger partial charge in [0.25, 0.3) is 0 Å². The molecule has 3 heterocycles. The van der Waals surface area contributed by atoms with Crippen molar-refractivity contribution < 1.29 is 13.9 Å². The van der Waals surface area contributed by atoms with Gasteiger partial charge in [-0.15, -0.1) is 0 Å². The molecule has 1 aromatic heterocycles. The second kappa shape index (κ2) is 5.34. The molecular weight excluding hydrogens is 333 g/mol. The molecule has 4 rings (SSSR count). The Morgan fingerprint density at radius 1 is 1.50 bits per heavy atom. The van der Waals surface area contributed by atoms with Gasteiger partial charge in [0.2, 0.25) is 0 Å². The van der Waals surface area contributed by atoms with Crippen LogP contribution < -0.4 is 10.1 Å². The molecular formula is C17H15ClFN3O2. The van der Waals surface area contributed by atoms with E-state index >= 15 is 0 Å².